The fourth-order valence-corrected chi connectivity index (χ4v) is 7.54. The second-order valence-corrected chi connectivity index (χ2v) is 12.1. The van der Waals surface area contributed by atoms with E-state index in [2.05, 4.69) is 5.32 Å². The topological polar surface area (TPSA) is 119 Å². The van der Waals surface area contributed by atoms with Crippen LogP contribution in [0.25, 0.3) is 0 Å². The monoisotopic (exact) mass is 494 g/mol. The van der Waals surface area contributed by atoms with Gasteiger partial charge >= 0.3 is 0 Å². The highest BCUT2D eigenvalue weighted by molar-refractivity contribution is 7.92. The minimum Gasteiger partial charge on any atom is -0.490 e. The number of carbonyl (C=O) groups is 1. The molecule has 1 saturated heterocycles. The van der Waals surface area contributed by atoms with Gasteiger partial charge < -0.3 is 14.8 Å². The molecule has 1 N–H and O–H groups in total. The van der Waals surface area contributed by atoms with Crippen LogP contribution in [-0.2, 0) is 19.9 Å². The largest absolute Gasteiger partial charge is 0.490 e. The van der Waals surface area contributed by atoms with Gasteiger partial charge in [0.15, 0.2) is 21.3 Å². The Balaban J connectivity index is 1.54. The van der Waals surface area contributed by atoms with Crippen LogP contribution in [0.2, 0.25) is 0 Å². The van der Waals surface area contributed by atoms with E-state index in [1.54, 1.807) is 25.1 Å². The van der Waals surface area contributed by atoms with Crippen LogP contribution in [0.1, 0.15) is 30.1 Å². The molecule has 1 amide bonds. The first-order chi connectivity index (χ1) is 15.7. The van der Waals surface area contributed by atoms with Gasteiger partial charge in [0.25, 0.3) is 5.91 Å². The lowest BCUT2D eigenvalue weighted by atomic mass is 10.2. The first-order valence-electron chi connectivity index (χ1n) is 10.7. The predicted molar refractivity (Wildman–Crippen MR) is 123 cm³/mol. The summed E-state index contributed by atoms with van der Waals surface area (Å²) in [6, 6.07) is 10.2. The van der Waals surface area contributed by atoms with Crippen LogP contribution in [0.3, 0.4) is 0 Å². The van der Waals surface area contributed by atoms with Crippen LogP contribution in [-0.4, -0.2) is 64.4 Å². The van der Waals surface area contributed by atoms with E-state index in [1.807, 2.05) is 0 Å². The molecule has 2 aromatic carbocycles. The van der Waals surface area contributed by atoms with Crippen molar-refractivity contribution in [2.24, 2.45) is 0 Å². The zero-order chi connectivity index (χ0) is 23.6. The van der Waals surface area contributed by atoms with Crippen LogP contribution < -0.4 is 14.8 Å². The maximum absolute atomic E-state index is 13.3. The van der Waals surface area contributed by atoms with Gasteiger partial charge in [-0.15, -0.1) is 0 Å². The Hall–Kier alpha value is -2.63. The smallest absolute Gasteiger partial charge is 0.255 e. The van der Waals surface area contributed by atoms with Crippen LogP contribution in [0.15, 0.2) is 47.4 Å². The van der Waals surface area contributed by atoms with Gasteiger partial charge in [0.05, 0.1) is 29.6 Å². The summed E-state index contributed by atoms with van der Waals surface area (Å²) >= 11 is 0. The highest BCUT2D eigenvalue weighted by Crippen LogP contribution is 2.32. The van der Waals surface area contributed by atoms with Crippen molar-refractivity contribution in [3.63, 3.8) is 0 Å². The number of ether oxygens (including phenoxy) is 2. The number of nitrogens with zero attached hydrogens (tertiary/aromatic N) is 1. The summed E-state index contributed by atoms with van der Waals surface area (Å²) in [5.74, 6) is 0.443. The average Bonchev–Trinajstić information content (AvgIpc) is 2.98. The standard InChI is InChI=1S/C22H26N2O7S2/c1-2-24(18-9-12-32(26,27)15-18)33(28,29)19-6-3-5-16(13-19)22(25)23-17-7-8-20-21(14-17)31-11-4-10-30-20/h3,5-8,13-14,18H,2,4,9-12,15H2,1H3,(H,23,25). The second kappa shape index (κ2) is 9.32. The average molecular weight is 495 g/mol. The zero-order valence-corrected chi connectivity index (χ0v) is 19.8. The molecule has 1 fully saturated rings. The lowest BCUT2D eigenvalue weighted by molar-refractivity contribution is 0.102. The van der Waals surface area contributed by atoms with Crippen molar-refractivity contribution in [1.82, 2.24) is 4.31 Å². The van der Waals surface area contributed by atoms with E-state index in [-0.39, 0.29) is 34.9 Å². The molecular formula is C22H26N2O7S2. The third kappa shape index (κ3) is 5.15. The highest BCUT2D eigenvalue weighted by atomic mass is 32.2. The van der Waals surface area contributed by atoms with Gasteiger partial charge in [0.1, 0.15) is 0 Å². The van der Waals surface area contributed by atoms with Gasteiger partial charge in [0, 0.05) is 36.3 Å². The zero-order valence-electron chi connectivity index (χ0n) is 18.2. The van der Waals surface area contributed by atoms with Gasteiger partial charge in [-0.05, 0) is 36.8 Å². The molecule has 0 aromatic heterocycles. The molecule has 1 atom stereocenters. The number of benzene rings is 2. The number of rotatable bonds is 6. The minimum absolute atomic E-state index is 0.0261. The number of sulfonamides is 1. The van der Waals surface area contributed by atoms with E-state index < -0.39 is 31.8 Å². The van der Waals surface area contributed by atoms with Gasteiger partial charge in [-0.25, -0.2) is 16.8 Å². The first-order valence-corrected chi connectivity index (χ1v) is 14.0. The number of hydrogen-bond acceptors (Lipinski definition) is 7. The molecule has 11 heteroatoms. The summed E-state index contributed by atoms with van der Waals surface area (Å²) < 4.78 is 62.7. The molecule has 0 bridgehead atoms. The fourth-order valence-electron chi connectivity index (χ4n) is 4.00. The van der Waals surface area contributed by atoms with E-state index in [9.17, 15) is 21.6 Å². The third-order valence-corrected chi connectivity index (χ3v) is 9.41. The number of nitrogens with one attached hydrogen (secondary N) is 1. The number of amides is 1. The number of anilines is 1. The molecule has 2 aromatic rings. The molecule has 1 unspecified atom stereocenters. The fraction of sp³-hybridized carbons (Fsp3) is 0.409. The highest BCUT2D eigenvalue weighted by Gasteiger charge is 2.38. The molecule has 4 rings (SSSR count). The Morgan fingerprint density at radius 1 is 1.12 bits per heavy atom. The predicted octanol–water partition coefficient (Wildman–Crippen LogP) is 2.30. The molecule has 33 heavy (non-hydrogen) atoms. The lowest BCUT2D eigenvalue weighted by Gasteiger charge is -2.26. The normalized spacial score (nSPS) is 19.8. The van der Waals surface area contributed by atoms with Crippen molar-refractivity contribution >= 4 is 31.5 Å². The summed E-state index contributed by atoms with van der Waals surface area (Å²) in [6.45, 7) is 2.88. The summed E-state index contributed by atoms with van der Waals surface area (Å²) in [5, 5.41) is 2.75. The van der Waals surface area contributed by atoms with Crippen LogP contribution in [0, 0.1) is 0 Å². The van der Waals surface area contributed by atoms with Gasteiger partial charge in [-0.2, -0.15) is 4.31 Å². The Labute approximate surface area is 193 Å². The van der Waals surface area contributed by atoms with E-state index in [4.69, 9.17) is 9.47 Å². The van der Waals surface area contributed by atoms with Crippen molar-refractivity contribution in [3.05, 3.63) is 48.0 Å². The number of fused-ring (bicyclic) bond motifs is 1. The second-order valence-electron chi connectivity index (χ2n) is 7.96. The third-order valence-electron chi connectivity index (χ3n) is 5.64. The van der Waals surface area contributed by atoms with Crippen molar-refractivity contribution in [2.75, 3.05) is 36.6 Å². The van der Waals surface area contributed by atoms with Crippen LogP contribution in [0.4, 0.5) is 5.69 Å². The maximum Gasteiger partial charge on any atom is 0.255 e. The van der Waals surface area contributed by atoms with E-state index in [0.29, 0.717) is 30.4 Å². The molecule has 2 aliphatic rings. The van der Waals surface area contributed by atoms with Crippen LogP contribution >= 0.6 is 0 Å². The van der Waals surface area contributed by atoms with Crippen LogP contribution in [0.5, 0.6) is 11.5 Å². The van der Waals surface area contributed by atoms with Crippen molar-refractivity contribution in [3.8, 4) is 11.5 Å². The molecule has 0 radical (unpaired) electrons. The summed E-state index contributed by atoms with van der Waals surface area (Å²) in [6.07, 6.45) is 1.03. The first kappa shape index (κ1) is 23.5. The van der Waals surface area contributed by atoms with Gasteiger partial charge in [-0.1, -0.05) is 13.0 Å². The van der Waals surface area contributed by atoms with E-state index in [1.165, 1.54) is 28.6 Å². The Morgan fingerprint density at radius 2 is 1.88 bits per heavy atom. The molecule has 178 valence electrons. The molecule has 9 nitrogen and oxygen atoms in total. The number of carbonyl (C=O) groups excluding carboxylic acids is 1. The molecule has 2 aliphatic heterocycles. The summed E-state index contributed by atoms with van der Waals surface area (Å²) in [7, 11) is -7.22. The number of sulfone groups is 1. The van der Waals surface area contributed by atoms with Crippen molar-refractivity contribution in [2.45, 2.75) is 30.7 Å². The molecule has 0 saturated carbocycles. The summed E-state index contributed by atoms with van der Waals surface area (Å²) in [5.41, 5.74) is 0.655. The molecule has 0 spiro atoms. The lowest BCUT2D eigenvalue weighted by Crippen LogP contribution is -2.40. The SMILES string of the molecule is CCN(C1CCS(=O)(=O)C1)S(=O)(=O)c1cccc(C(=O)Nc2ccc3c(c2)OCCCO3)c1. The Bertz CT molecular complexity index is 1260. The van der Waals surface area contributed by atoms with Crippen molar-refractivity contribution in [1.29, 1.82) is 0 Å². The van der Waals surface area contributed by atoms with E-state index in [0.717, 1.165) is 6.42 Å². The quantitative estimate of drug-likeness (QED) is 0.654. The summed E-state index contributed by atoms with van der Waals surface area (Å²) in [4.78, 5) is 12.8. The maximum atomic E-state index is 13.3. The molecular weight excluding hydrogens is 468 g/mol. The minimum atomic E-state index is -3.98. The van der Waals surface area contributed by atoms with Crippen molar-refractivity contribution < 1.29 is 31.1 Å². The molecule has 0 aliphatic carbocycles. The van der Waals surface area contributed by atoms with Gasteiger partial charge in [-0.3, -0.25) is 4.79 Å². The van der Waals surface area contributed by atoms with E-state index >= 15 is 0 Å². The Kier molecular flexibility index (Phi) is 6.64. The number of hydrogen-bond donors (Lipinski definition) is 1. The Morgan fingerprint density at radius 3 is 2.58 bits per heavy atom. The van der Waals surface area contributed by atoms with Gasteiger partial charge in [0.2, 0.25) is 10.0 Å². The molecule has 2 heterocycles.